The second-order valence-corrected chi connectivity index (χ2v) is 7.97. The molecule has 1 aliphatic rings. The van der Waals surface area contributed by atoms with Crippen LogP contribution >= 0.6 is 0 Å². The second-order valence-electron chi connectivity index (χ2n) is 7.97. The summed E-state index contributed by atoms with van der Waals surface area (Å²) < 4.78 is 129. The average molecular weight is 504 g/mol. The summed E-state index contributed by atoms with van der Waals surface area (Å²) in [4.78, 5) is 0. The molecule has 0 bridgehead atoms. The maximum atomic E-state index is 14.7. The zero-order valence-electron chi connectivity index (χ0n) is 17.9. The Balaban J connectivity index is 1.62. The van der Waals surface area contributed by atoms with Crippen molar-refractivity contribution in [2.45, 2.75) is 19.3 Å². The van der Waals surface area contributed by atoms with Gasteiger partial charge in [-0.3, -0.25) is 0 Å². The maximum Gasteiger partial charge on any atom is 0.432 e. The monoisotopic (exact) mass is 504 g/mol. The first kappa shape index (κ1) is 24.9. The van der Waals surface area contributed by atoms with Crippen molar-refractivity contribution in [3.63, 3.8) is 0 Å². The van der Waals surface area contributed by atoms with Crippen LogP contribution in [0, 0.1) is 40.8 Å². The molecule has 0 N–H and O–H groups in total. The number of halogens is 8. The molecular formula is C24H16F8O3. The molecule has 1 saturated heterocycles. The molecule has 0 aromatic heterocycles. The molecule has 4 rings (SSSR count). The van der Waals surface area contributed by atoms with Crippen molar-refractivity contribution in [1.29, 1.82) is 0 Å². The fourth-order valence-corrected chi connectivity index (χ4v) is 3.53. The smallest absolute Gasteiger partial charge is 0.429 e. The van der Waals surface area contributed by atoms with E-state index in [1.165, 1.54) is 0 Å². The number of rotatable bonds is 5. The van der Waals surface area contributed by atoms with Crippen LogP contribution < -0.4 is 4.74 Å². The lowest BCUT2D eigenvalue weighted by molar-refractivity contribution is -0.203. The van der Waals surface area contributed by atoms with E-state index in [2.05, 4.69) is 4.74 Å². The molecule has 0 aliphatic carbocycles. The number of alkyl halides is 2. The summed E-state index contributed by atoms with van der Waals surface area (Å²) in [6, 6.07) is 3.83. The first-order valence-electron chi connectivity index (χ1n) is 10.2. The summed E-state index contributed by atoms with van der Waals surface area (Å²) in [5, 5.41) is 0. The third kappa shape index (κ3) is 5.10. The molecule has 0 amide bonds. The molecule has 0 radical (unpaired) electrons. The van der Waals surface area contributed by atoms with E-state index < -0.39 is 69.7 Å². The van der Waals surface area contributed by atoms with Gasteiger partial charge in [0.1, 0.15) is 34.6 Å². The predicted octanol–water partition coefficient (Wildman–Crippen LogP) is 7.00. The third-order valence-corrected chi connectivity index (χ3v) is 5.16. The molecule has 3 nitrogen and oxygen atoms in total. The van der Waals surface area contributed by atoms with Crippen molar-refractivity contribution in [2.75, 3.05) is 13.2 Å². The maximum absolute atomic E-state index is 14.7. The minimum atomic E-state index is -4.68. The fourth-order valence-electron chi connectivity index (χ4n) is 3.53. The van der Waals surface area contributed by atoms with Crippen molar-refractivity contribution in [3.05, 3.63) is 88.5 Å². The topological polar surface area (TPSA) is 27.7 Å². The second kappa shape index (κ2) is 9.46. The van der Waals surface area contributed by atoms with Crippen LogP contribution in [0.2, 0.25) is 0 Å². The van der Waals surface area contributed by atoms with Gasteiger partial charge in [0.05, 0.1) is 18.8 Å². The normalized spacial score (nSPS) is 18.5. The van der Waals surface area contributed by atoms with Gasteiger partial charge in [0.2, 0.25) is 0 Å². The van der Waals surface area contributed by atoms with Crippen LogP contribution in [0.5, 0.6) is 5.75 Å². The highest BCUT2D eigenvalue weighted by atomic mass is 19.3. The zero-order valence-corrected chi connectivity index (χ0v) is 17.9. The summed E-state index contributed by atoms with van der Waals surface area (Å²) in [6.07, 6.45) is -5.84. The summed E-state index contributed by atoms with van der Waals surface area (Å²) in [7, 11) is 0. The van der Waals surface area contributed by atoms with E-state index in [4.69, 9.17) is 9.47 Å². The van der Waals surface area contributed by atoms with Gasteiger partial charge in [-0.05, 0) is 29.8 Å². The molecule has 0 saturated carbocycles. The van der Waals surface area contributed by atoms with Gasteiger partial charge in [0.15, 0.2) is 17.9 Å². The van der Waals surface area contributed by atoms with Gasteiger partial charge in [-0.15, -0.1) is 0 Å². The van der Waals surface area contributed by atoms with Crippen LogP contribution in [-0.4, -0.2) is 13.2 Å². The lowest BCUT2D eigenvalue weighted by Crippen LogP contribution is -2.27. The van der Waals surface area contributed by atoms with Crippen LogP contribution in [0.15, 0.2) is 42.5 Å². The van der Waals surface area contributed by atoms with Crippen molar-refractivity contribution in [1.82, 2.24) is 0 Å². The molecule has 1 fully saturated rings. The van der Waals surface area contributed by atoms with Crippen molar-refractivity contribution in [2.24, 2.45) is 5.92 Å². The molecule has 186 valence electrons. The van der Waals surface area contributed by atoms with Crippen LogP contribution in [0.25, 0.3) is 11.1 Å². The van der Waals surface area contributed by atoms with E-state index in [1.54, 1.807) is 0 Å². The highest BCUT2D eigenvalue weighted by Crippen LogP contribution is 2.39. The number of ether oxygens (including phenoxy) is 3. The number of benzene rings is 3. The molecule has 3 aromatic carbocycles. The van der Waals surface area contributed by atoms with E-state index in [0.29, 0.717) is 36.4 Å². The van der Waals surface area contributed by atoms with Gasteiger partial charge in [0, 0.05) is 23.6 Å². The Morgan fingerprint density at radius 3 is 1.86 bits per heavy atom. The van der Waals surface area contributed by atoms with E-state index in [1.807, 2.05) is 6.92 Å². The van der Waals surface area contributed by atoms with Gasteiger partial charge in [-0.2, -0.15) is 8.78 Å². The molecule has 0 atom stereocenters. The third-order valence-electron chi connectivity index (χ3n) is 5.16. The minimum Gasteiger partial charge on any atom is -0.429 e. The molecular weight excluding hydrogens is 488 g/mol. The first-order valence-corrected chi connectivity index (χ1v) is 10.2. The van der Waals surface area contributed by atoms with Crippen LogP contribution in [0.4, 0.5) is 35.1 Å². The van der Waals surface area contributed by atoms with Crippen LogP contribution in [-0.2, 0) is 15.6 Å². The fraction of sp³-hybridized carbons (Fsp3) is 0.250. The highest BCUT2D eigenvalue weighted by molar-refractivity contribution is 5.66. The molecule has 3 aromatic rings. The molecule has 1 heterocycles. The van der Waals surface area contributed by atoms with Gasteiger partial charge in [0.25, 0.3) is 0 Å². The number of hydrogen-bond donors (Lipinski definition) is 0. The summed E-state index contributed by atoms with van der Waals surface area (Å²) in [6.45, 7) is 2.27. The van der Waals surface area contributed by atoms with Crippen molar-refractivity contribution >= 4 is 0 Å². The molecule has 0 spiro atoms. The van der Waals surface area contributed by atoms with Crippen LogP contribution in [0.3, 0.4) is 0 Å². The van der Waals surface area contributed by atoms with Crippen LogP contribution in [0.1, 0.15) is 24.3 Å². The Hall–Kier alpha value is -3.18. The molecule has 11 heteroatoms. The van der Waals surface area contributed by atoms with Gasteiger partial charge < -0.3 is 14.2 Å². The SMILES string of the molecule is CC1COC(c2cc(F)c(C(F)(F)Oc3cc(F)c(-c4ccc(F)c(F)c4)c(F)c3)c(F)c2)OC1. The average Bonchev–Trinajstić information content (AvgIpc) is 2.75. The first-order chi connectivity index (χ1) is 16.5. The predicted molar refractivity (Wildman–Crippen MR) is 106 cm³/mol. The van der Waals surface area contributed by atoms with E-state index in [-0.39, 0.29) is 24.7 Å². The molecule has 0 unspecified atom stereocenters. The Morgan fingerprint density at radius 2 is 1.31 bits per heavy atom. The zero-order chi connectivity index (χ0) is 25.5. The summed E-state index contributed by atoms with van der Waals surface area (Å²) in [5.74, 6) is -10.0. The van der Waals surface area contributed by atoms with E-state index in [0.717, 1.165) is 6.07 Å². The quantitative estimate of drug-likeness (QED) is 0.351. The largest absolute Gasteiger partial charge is 0.432 e. The highest BCUT2D eigenvalue weighted by Gasteiger charge is 2.42. The summed E-state index contributed by atoms with van der Waals surface area (Å²) >= 11 is 0. The van der Waals surface area contributed by atoms with Gasteiger partial charge >= 0.3 is 6.11 Å². The van der Waals surface area contributed by atoms with Gasteiger partial charge in [-0.25, -0.2) is 26.3 Å². The van der Waals surface area contributed by atoms with Crippen molar-refractivity contribution < 1.29 is 49.3 Å². The van der Waals surface area contributed by atoms with E-state index >= 15 is 0 Å². The Kier molecular flexibility index (Phi) is 6.74. The number of hydrogen-bond acceptors (Lipinski definition) is 3. The summed E-state index contributed by atoms with van der Waals surface area (Å²) in [5.41, 5.74) is -3.23. The van der Waals surface area contributed by atoms with Crippen molar-refractivity contribution in [3.8, 4) is 16.9 Å². The Bertz CT molecular complexity index is 1210. The Morgan fingerprint density at radius 1 is 0.743 bits per heavy atom. The molecule has 1 aliphatic heterocycles. The lowest BCUT2D eigenvalue weighted by atomic mass is 10.0. The molecule has 35 heavy (non-hydrogen) atoms. The van der Waals surface area contributed by atoms with Gasteiger partial charge in [-0.1, -0.05) is 13.0 Å². The standard InChI is InChI=1S/C24H16F8O3/c1-11-9-33-23(34-10-11)13-5-19(29)22(20(30)6-13)24(31,32)35-14-7-17(27)21(18(28)8-14)12-2-3-15(25)16(26)4-12/h2-8,11,23H,9-10H2,1H3. The lowest BCUT2D eigenvalue weighted by Gasteiger charge is -2.28. The minimum absolute atomic E-state index is 0.0345. The Labute approximate surface area is 193 Å². The van der Waals surface area contributed by atoms with E-state index in [9.17, 15) is 35.1 Å².